The van der Waals surface area contributed by atoms with Crippen molar-refractivity contribution in [1.29, 1.82) is 0 Å². The Morgan fingerprint density at radius 1 is 1.42 bits per heavy atom. The second kappa shape index (κ2) is 9.30. The quantitative estimate of drug-likeness (QED) is 0.607. The van der Waals surface area contributed by atoms with Crippen molar-refractivity contribution in [1.82, 2.24) is 25.3 Å². The van der Waals surface area contributed by atoms with E-state index < -0.39 is 0 Å². The molecule has 7 nitrogen and oxygen atoms in total. The highest BCUT2D eigenvalue weighted by Crippen LogP contribution is 2.16. The van der Waals surface area contributed by atoms with E-state index in [4.69, 9.17) is 0 Å². The number of hydrogen-bond acceptors (Lipinski definition) is 3. The van der Waals surface area contributed by atoms with Crippen molar-refractivity contribution in [2.45, 2.75) is 52.1 Å². The number of hydrogen-bond donors (Lipinski definition) is 2. The van der Waals surface area contributed by atoms with E-state index in [1.807, 2.05) is 29.6 Å². The fraction of sp³-hybridized carbons (Fsp3) is 0.706. The number of aryl methyl sites for hydroxylation is 1. The van der Waals surface area contributed by atoms with E-state index in [-0.39, 0.29) is 5.91 Å². The van der Waals surface area contributed by atoms with Crippen LogP contribution < -0.4 is 10.6 Å². The summed E-state index contributed by atoms with van der Waals surface area (Å²) in [6.45, 7) is 7.01. The molecular formula is C17H30N6O. The molecule has 134 valence electrons. The number of aliphatic imine (C=N–C) groups is 1. The summed E-state index contributed by atoms with van der Waals surface area (Å²) in [7, 11) is 1.91. The number of piperidine rings is 1. The van der Waals surface area contributed by atoms with Gasteiger partial charge < -0.3 is 15.5 Å². The van der Waals surface area contributed by atoms with Crippen LogP contribution in [0.1, 0.15) is 45.2 Å². The molecule has 2 heterocycles. The van der Waals surface area contributed by atoms with Crippen molar-refractivity contribution in [2.75, 3.05) is 19.6 Å². The molecule has 1 aliphatic rings. The van der Waals surface area contributed by atoms with Gasteiger partial charge in [-0.1, -0.05) is 0 Å². The van der Waals surface area contributed by atoms with Crippen molar-refractivity contribution in [3.05, 3.63) is 18.0 Å². The van der Waals surface area contributed by atoms with Crippen molar-refractivity contribution < 1.29 is 4.79 Å². The van der Waals surface area contributed by atoms with Gasteiger partial charge in [-0.3, -0.25) is 9.48 Å². The van der Waals surface area contributed by atoms with Gasteiger partial charge in [0.1, 0.15) is 0 Å². The molecule has 24 heavy (non-hydrogen) atoms. The van der Waals surface area contributed by atoms with Crippen LogP contribution in [0.2, 0.25) is 0 Å². The number of guanidine groups is 1. The fourth-order valence-electron chi connectivity index (χ4n) is 2.96. The standard InChI is InChI=1S/C17H30N6O/c1-4-18-17(20-13-15-8-11-21-22(15)3)19-10-9-16(24)23-12-6-5-7-14(23)2/h8,11,14H,4-7,9-10,12-13H2,1-3H3,(H2,18,19,20). The molecule has 7 heteroatoms. The molecule has 0 saturated carbocycles. The number of aromatic nitrogens is 2. The number of amides is 1. The number of carbonyl (C=O) groups is 1. The first-order valence-corrected chi connectivity index (χ1v) is 8.90. The van der Waals surface area contributed by atoms with Gasteiger partial charge in [0.15, 0.2) is 5.96 Å². The summed E-state index contributed by atoms with van der Waals surface area (Å²) < 4.78 is 1.81. The molecule has 0 aromatic carbocycles. The van der Waals surface area contributed by atoms with E-state index >= 15 is 0 Å². The Labute approximate surface area is 144 Å². The Hall–Kier alpha value is -2.05. The van der Waals surface area contributed by atoms with Gasteiger partial charge in [0, 0.05) is 45.3 Å². The van der Waals surface area contributed by atoms with Gasteiger partial charge in [-0.25, -0.2) is 4.99 Å². The van der Waals surface area contributed by atoms with Crippen molar-refractivity contribution in [3.63, 3.8) is 0 Å². The van der Waals surface area contributed by atoms with E-state index in [0.29, 0.717) is 25.6 Å². The molecule has 1 atom stereocenters. The number of likely N-dealkylation sites (tertiary alicyclic amines) is 1. The minimum atomic E-state index is 0.234. The first-order valence-electron chi connectivity index (χ1n) is 8.90. The molecule has 1 aromatic heterocycles. The molecule has 1 saturated heterocycles. The maximum absolute atomic E-state index is 12.4. The molecule has 0 bridgehead atoms. The summed E-state index contributed by atoms with van der Waals surface area (Å²) >= 11 is 0. The lowest BCUT2D eigenvalue weighted by Crippen LogP contribution is -2.44. The highest BCUT2D eigenvalue weighted by Gasteiger charge is 2.22. The van der Waals surface area contributed by atoms with Gasteiger partial charge in [0.2, 0.25) is 5.91 Å². The molecule has 2 N–H and O–H groups in total. The van der Waals surface area contributed by atoms with Crippen LogP contribution in [0, 0.1) is 0 Å². The third-order valence-electron chi connectivity index (χ3n) is 4.42. The minimum Gasteiger partial charge on any atom is -0.357 e. The molecule has 1 amide bonds. The monoisotopic (exact) mass is 334 g/mol. The third-order valence-corrected chi connectivity index (χ3v) is 4.42. The molecular weight excluding hydrogens is 304 g/mol. The van der Waals surface area contributed by atoms with Gasteiger partial charge in [0.05, 0.1) is 12.2 Å². The van der Waals surface area contributed by atoms with E-state index in [2.05, 4.69) is 27.6 Å². The summed E-state index contributed by atoms with van der Waals surface area (Å²) in [4.78, 5) is 18.9. The van der Waals surface area contributed by atoms with Gasteiger partial charge in [-0.2, -0.15) is 5.10 Å². The predicted octanol–water partition coefficient (Wildman–Crippen LogP) is 1.27. The number of carbonyl (C=O) groups excluding carboxylic acids is 1. The Morgan fingerprint density at radius 2 is 2.25 bits per heavy atom. The van der Waals surface area contributed by atoms with Crippen LogP contribution in [-0.2, 0) is 18.4 Å². The normalized spacial score (nSPS) is 18.5. The molecule has 0 radical (unpaired) electrons. The number of rotatable bonds is 6. The van der Waals surface area contributed by atoms with Crippen LogP contribution in [-0.4, -0.2) is 52.2 Å². The molecule has 1 unspecified atom stereocenters. The largest absolute Gasteiger partial charge is 0.357 e. The number of nitrogens with one attached hydrogen (secondary N) is 2. The first kappa shape index (κ1) is 18.3. The molecule has 1 fully saturated rings. The predicted molar refractivity (Wildman–Crippen MR) is 95.7 cm³/mol. The van der Waals surface area contributed by atoms with E-state index in [1.54, 1.807) is 6.20 Å². The van der Waals surface area contributed by atoms with Crippen LogP contribution in [0.25, 0.3) is 0 Å². The van der Waals surface area contributed by atoms with Crippen molar-refractivity contribution >= 4 is 11.9 Å². The average molecular weight is 334 g/mol. The zero-order valence-electron chi connectivity index (χ0n) is 15.1. The zero-order valence-corrected chi connectivity index (χ0v) is 15.1. The Balaban J connectivity index is 1.80. The fourth-order valence-corrected chi connectivity index (χ4v) is 2.96. The van der Waals surface area contributed by atoms with Crippen LogP contribution in [0.4, 0.5) is 0 Å². The van der Waals surface area contributed by atoms with Gasteiger partial charge in [-0.05, 0) is 39.2 Å². The lowest BCUT2D eigenvalue weighted by Gasteiger charge is -2.33. The van der Waals surface area contributed by atoms with E-state index in [0.717, 1.165) is 37.6 Å². The van der Waals surface area contributed by atoms with Crippen LogP contribution in [0.15, 0.2) is 17.3 Å². The highest BCUT2D eigenvalue weighted by atomic mass is 16.2. The van der Waals surface area contributed by atoms with Crippen LogP contribution in [0.5, 0.6) is 0 Å². The maximum atomic E-state index is 12.4. The maximum Gasteiger partial charge on any atom is 0.224 e. The molecule has 1 aliphatic heterocycles. The van der Waals surface area contributed by atoms with Crippen molar-refractivity contribution in [3.8, 4) is 0 Å². The minimum absolute atomic E-state index is 0.234. The average Bonchev–Trinajstić information content (AvgIpc) is 2.98. The Morgan fingerprint density at radius 3 is 2.92 bits per heavy atom. The zero-order chi connectivity index (χ0) is 17.4. The molecule has 2 rings (SSSR count). The summed E-state index contributed by atoms with van der Waals surface area (Å²) in [5, 5.41) is 10.6. The summed E-state index contributed by atoms with van der Waals surface area (Å²) in [5.74, 6) is 0.968. The lowest BCUT2D eigenvalue weighted by molar-refractivity contribution is -0.134. The molecule has 0 aliphatic carbocycles. The summed E-state index contributed by atoms with van der Waals surface area (Å²) in [6.07, 6.45) is 5.74. The summed E-state index contributed by atoms with van der Waals surface area (Å²) in [6, 6.07) is 2.33. The molecule has 0 spiro atoms. The van der Waals surface area contributed by atoms with E-state index in [9.17, 15) is 4.79 Å². The SMILES string of the molecule is CCNC(=NCc1ccnn1C)NCCC(=O)N1CCCCC1C. The second-order valence-corrected chi connectivity index (χ2v) is 6.25. The van der Waals surface area contributed by atoms with Gasteiger partial charge in [0.25, 0.3) is 0 Å². The van der Waals surface area contributed by atoms with Crippen LogP contribution >= 0.6 is 0 Å². The Kier molecular flexibility index (Phi) is 7.08. The first-order chi connectivity index (χ1) is 11.6. The second-order valence-electron chi connectivity index (χ2n) is 6.25. The van der Waals surface area contributed by atoms with Gasteiger partial charge in [-0.15, -0.1) is 0 Å². The highest BCUT2D eigenvalue weighted by molar-refractivity contribution is 5.81. The topological polar surface area (TPSA) is 74.5 Å². The van der Waals surface area contributed by atoms with Crippen LogP contribution in [0.3, 0.4) is 0 Å². The van der Waals surface area contributed by atoms with Gasteiger partial charge >= 0.3 is 0 Å². The number of nitrogens with zero attached hydrogens (tertiary/aromatic N) is 4. The molecule has 1 aromatic rings. The Bertz CT molecular complexity index is 553. The lowest BCUT2D eigenvalue weighted by atomic mass is 10.0. The van der Waals surface area contributed by atoms with E-state index in [1.165, 1.54) is 6.42 Å². The van der Waals surface area contributed by atoms with Crippen molar-refractivity contribution in [2.24, 2.45) is 12.0 Å². The summed E-state index contributed by atoms with van der Waals surface area (Å²) in [5.41, 5.74) is 1.05. The third kappa shape index (κ3) is 5.25. The smallest absolute Gasteiger partial charge is 0.224 e.